The van der Waals surface area contributed by atoms with Gasteiger partial charge < -0.3 is 0 Å². The number of nitro groups is 1. The normalized spacial score (nSPS) is 11.8. The Balaban J connectivity index is 3.78. The molecular weight excluding hydrogens is 305 g/mol. The van der Waals surface area contributed by atoms with Crippen molar-refractivity contribution in [2.75, 3.05) is 0 Å². The summed E-state index contributed by atoms with van der Waals surface area (Å²) in [5.41, 5.74) is -2.65. The molecule has 0 aliphatic rings. The lowest BCUT2D eigenvalue weighted by Gasteiger charge is -2.06. The Morgan fingerprint density at radius 1 is 1.47 bits per heavy atom. The number of halogens is 4. The molecule has 0 saturated heterocycles. The fourth-order valence-corrected chi connectivity index (χ4v) is 2.19. The molecule has 17 heavy (non-hydrogen) atoms. The summed E-state index contributed by atoms with van der Waals surface area (Å²) in [4.78, 5) is 11.3. The lowest BCUT2D eigenvalue weighted by atomic mass is 10.2. The average molecular weight is 307 g/mol. The second kappa shape index (κ2) is 4.67. The van der Waals surface area contributed by atoms with Crippen LogP contribution in [0.1, 0.15) is 12.0 Å². The summed E-state index contributed by atoms with van der Waals surface area (Å²) in [7, 11) is 0.301. The summed E-state index contributed by atoms with van der Waals surface area (Å²) in [6.07, 6.45) is -2.90. The molecule has 11 heteroatoms. The van der Waals surface area contributed by atoms with Crippen LogP contribution in [0.25, 0.3) is 0 Å². The van der Waals surface area contributed by atoms with Gasteiger partial charge in [-0.2, -0.15) is 0 Å². The van der Waals surface area contributed by atoms with E-state index in [0.717, 1.165) is 0 Å². The van der Waals surface area contributed by atoms with E-state index in [1.54, 1.807) is 0 Å². The first-order valence-electron chi connectivity index (χ1n) is 3.72. The second-order valence-electron chi connectivity index (χ2n) is 2.67. The summed E-state index contributed by atoms with van der Waals surface area (Å²) in [5.74, 6) is 0. The Morgan fingerprint density at radius 3 is 2.35 bits per heavy atom. The quantitative estimate of drug-likeness (QED) is 0.370. The van der Waals surface area contributed by atoms with Crippen molar-refractivity contribution in [3.8, 4) is 0 Å². The fraction of sp³-hybridized carbons (Fsp3) is 0.167. The van der Waals surface area contributed by atoms with Crippen molar-refractivity contribution >= 4 is 37.0 Å². The van der Waals surface area contributed by atoms with Crippen LogP contribution in [0.5, 0.6) is 0 Å². The van der Waals surface area contributed by atoms with E-state index in [-0.39, 0.29) is 0 Å². The van der Waals surface area contributed by atoms with Gasteiger partial charge in [0.1, 0.15) is 10.7 Å². The molecule has 94 valence electrons. The van der Waals surface area contributed by atoms with Gasteiger partial charge in [-0.3, -0.25) is 10.1 Å². The highest BCUT2D eigenvalue weighted by atomic mass is 35.7. The lowest BCUT2D eigenvalue weighted by molar-refractivity contribution is -0.389. The van der Waals surface area contributed by atoms with Crippen LogP contribution >= 0.6 is 22.3 Å². The Morgan fingerprint density at radius 2 is 2.00 bits per heavy atom. The molecule has 0 atom stereocenters. The molecule has 0 aromatic carbocycles. The Hall–Kier alpha value is -1.06. The topological polar surface area (TPSA) is 90.2 Å². The fourth-order valence-electron chi connectivity index (χ4n) is 1.04. The van der Waals surface area contributed by atoms with Crippen LogP contribution in [0.4, 0.5) is 14.5 Å². The van der Waals surface area contributed by atoms with Crippen LogP contribution in [0.15, 0.2) is 11.1 Å². The highest BCUT2D eigenvalue weighted by molar-refractivity contribution is 8.13. The molecule has 0 bridgehead atoms. The molecule has 0 N–H and O–H groups in total. The van der Waals surface area contributed by atoms with E-state index >= 15 is 0 Å². The molecule has 1 aromatic heterocycles. The van der Waals surface area contributed by atoms with E-state index in [0.29, 0.717) is 6.20 Å². The average Bonchev–Trinajstić information content (AvgIpc) is 2.14. The van der Waals surface area contributed by atoms with Gasteiger partial charge in [0.25, 0.3) is 15.5 Å². The third kappa shape index (κ3) is 2.79. The molecule has 0 amide bonds. The van der Waals surface area contributed by atoms with E-state index in [1.165, 1.54) is 0 Å². The van der Waals surface area contributed by atoms with E-state index in [9.17, 15) is 27.3 Å². The lowest BCUT2D eigenvalue weighted by Crippen LogP contribution is -2.05. The number of hydrogen-bond donors (Lipinski definition) is 0. The van der Waals surface area contributed by atoms with Gasteiger partial charge in [0.2, 0.25) is 0 Å². The molecule has 0 spiro atoms. The van der Waals surface area contributed by atoms with Crippen molar-refractivity contribution in [3.63, 3.8) is 0 Å². The molecule has 6 nitrogen and oxygen atoms in total. The standard InChI is InChI=1S/C6H2Cl2F2N2O4S/c7-5-3(6(9)10)4(12(13)14)2(1-11-5)17(8,15)16/h1,6H. The summed E-state index contributed by atoms with van der Waals surface area (Å²) < 4.78 is 47.1. The van der Waals surface area contributed by atoms with Gasteiger partial charge in [-0.05, 0) is 0 Å². The molecule has 0 aliphatic carbocycles. The smallest absolute Gasteiger partial charge is 0.258 e. The zero-order valence-electron chi connectivity index (χ0n) is 7.60. The van der Waals surface area contributed by atoms with Gasteiger partial charge in [0, 0.05) is 10.7 Å². The Labute approximate surface area is 103 Å². The van der Waals surface area contributed by atoms with Crippen LogP contribution in [0, 0.1) is 10.1 Å². The molecule has 1 aromatic rings. The van der Waals surface area contributed by atoms with E-state index < -0.39 is 41.7 Å². The Bertz CT molecular complexity index is 578. The van der Waals surface area contributed by atoms with Gasteiger partial charge in [0.05, 0.1) is 11.1 Å². The zero-order chi connectivity index (χ0) is 13.4. The zero-order valence-corrected chi connectivity index (χ0v) is 9.93. The summed E-state index contributed by atoms with van der Waals surface area (Å²) in [5, 5.41) is 9.76. The van der Waals surface area contributed by atoms with Gasteiger partial charge >= 0.3 is 5.69 Å². The van der Waals surface area contributed by atoms with Gasteiger partial charge in [-0.1, -0.05) is 11.6 Å². The predicted molar refractivity (Wildman–Crippen MR) is 53.9 cm³/mol. The minimum Gasteiger partial charge on any atom is -0.258 e. The molecule has 1 rings (SSSR count). The first kappa shape index (κ1) is 14.0. The minimum absolute atomic E-state index is 0.453. The first-order chi connectivity index (χ1) is 7.66. The maximum atomic E-state index is 12.6. The monoisotopic (exact) mass is 306 g/mol. The van der Waals surface area contributed by atoms with Crippen LogP contribution < -0.4 is 0 Å². The minimum atomic E-state index is -4.58. The number of nitrogens with zero attached hydrogens (tertiary/aromatic N) is 2. The highest BCUT2D eigenvalue weighted by Gasteiger charge is 2.34. The van der Waals surface area contributed by atoms with Gasteiger partial charge in [-0.15, -0.1) is 0 Å². The molecule has 0 fully saturated rings. The first-order valence-corrected chi connectivity index (χ1v) is 6.40. The molecular formula is C6H2Cl2F2N2O4S. The van der Waals surface area contributed by atoms with Crippen LogP contribution in [0.2, 0.25) is 5.15 Å². The molecule has 0 aliphatic heterocycles. The number of aromatic nitrogens is 1. The number of hydrogen-bond acceptors (Lipinski definition) is 5. The highest BCUT2D eigenvalue weighted by Crippen LogP contribution is 2.38. The maximum Gasteiger partial charge on any atom is 0.302 e. The Kier molecular flexibility index (Phi) is 3.84. The van der Waals surface area contributed by atoms with Crippen molar-refractivity contribution < 1.29 is 22.1 Å². The van der Waals surface area contributed by atoms with Crippen LogP contribution in [-0.2, 0) is 9.05 Å². The second-order valence-corrected chi connectivity index (χ2v) is 5.56. The molecule has 1 heterocycles. The number of alkyl halides is 2. The van der Waals surface area contributed by atoms with Crippen molar-refractivity contribution in [1.82, 2.24) is 4.98 Å². The predicted octanol–water partition coefficient (Wildman–Crippen LogP) is 2.51. The van der Waals surface area contributed by atoms with Crippen molar-refractivity contribution in [1.29, 1.82) is 0 Å². The number of pyridine rings is 1. The summed E-state index contributed by atoms with van der Waals surface area (Å²) in [6.45, 7) is 0. The van der Waals surface area contributed by atoms with Crippen molar-refractivity contribution in [2.45, 2.75) is 11.3 Å². The van der Waals surface area contributed by atoms with Crippen molar-refractivity contribution in [2.24, 2.45) is 0 Å². The molecule has 0 unspecified atom stereocenters. The molecule has 0 radical (unpaired) electrons. The SMILES string of the molecule is O=[N+]([O-])c1c(S(=O)(=O)Cl)cnc(Cl)c1C(F)F. The third-order valence-electron chi connectivity index (χ3n) is 1.67. The molecule has 0 saturated carbocycles. The van der Waals surface area contributed by atoms with E-state index in [2.05, 4.69) is 4.98 Å². The van der Waals surface area contributed by atoms with Crippen molar-refractivity contribution in [3.05, 3.63) is 27.0 Å². The summed E-state index contributed by atoms with van der Waals surface area (Å²) in [6, 6.07) is 0. The largest absolute Gasteiger partial charge is 0.302 e. The van der Waals surface area contributed by atoms with Gasteiger partial charge in [-0.25, -0.2) is 22.2 Å². The van der Waals surface area contributed by atoms with E-state index in [1.807, 2.05) is 0 Å². The maximum absolute atomic E-state index is 12.6. The summed E-state index contributed by atoms with van der Waals surface area (Å²) >= 11 is 5.26. The van der Waals surface area contributed by atoms with Crippen LogP contribution in [-0.4, -0.2) is 18.3 Å². The van der Waals surface area contributed by atoms with E-state index in [4.69, 9.17) is 22.3 Å². The van der Waals surface area contributed by atoms with Crippen LogP contribution in [0.3, 0.4) is 0 Å². The third-order valence-corrected chi connectivity index (χ3v) is 3.29. The number of rotatable bonds is 3. The van der Waals surface area contributed by atoms with Gasteiger partial charge in [0.15, 0.2) is 4.90 Å².